The first-order valence-electron chi connectivity index (χ1n) is 21.4. The van der Waals surface area contributed by atoms with Gasteiger partial charge in [0, 0.05) is 58.4 Å². The van der Waals surface area contributed by atoms with Gasteiger partial charge in [-0.15, -0.1) is 0 Å². The van der Waals surface area contributed by atoms with Gasteiger partial charge in [0.1, 0.15) is 11.5 Å². The zero-order valence-corrected chi connectivity index (χ0v) is 38.4. The van der Waals surface area contributed by atoms with Crippen molar-refractivity contribution in [1.29, 1.82) is 0 Å². The van der Waals surface area contributed by atoms with Crippen LogP contribution in [0.5, 0.6) is 11.5 Å². The Bertz CT molecular complexity index is 2600. The summed E-state index contributed by atoms with van der Waals surface area (Å²) in [5.41, 5.74) is 8.60. The molecule has 0 aliphatic heterocycles. The van der Waals surface area contributed by atoms with E-state index in [-0.39, 0.29) is 19.5 Å². The van der Waals surface area contributed by atoms with Crippen LogP contribution in [-0.2, 0) is 20.7 Å². The van der Waals surface area contributed by atoms with Crippen LogP contribution in [0.25, 0.3) is 0 Å². The second-order valence-corrected chi connectivity index (χ2v) is 16.9. The average Bonchev–Trinajstić information content (AvgIpc) is 3.27. The van der Waals surface area contributed by atoms with Gasteiger partial charge >= 0.3 is 12.1 Å². The molecule has 0 atom stereocenters. The Morgan fingerprint density at radius 2 is 0.800 bits per heavy atom. The van der Waals surface area contributed by atoms with E-state index < -0.39 is 0 Å². The molecular formula is C57H62N2O6+2. The van der Waals surface area contributed by atoms with Crippen LogP contribution in [0.4, 0.5) is 0 Å². The number of carbonyl (C=O) groups is 1. The lowest BCUT2D eigenvalue weighted by molar-refractivity contribution is -0.870. The monoisotopic (exact) mass is 870 g/mol. The maximum absolute atomic E-state index is 12.0. The van der Waals surface area contributed by atoms with Crippen molar-refractivity contribution in [3.05, 3.63) is 165 Å². The van der Waals surface area contributed by atoms with Gasteiger partial charge in [0.05, 0.1) is 91.9 Å². The third kappa shape index (κ3) is 19.3. The fourth-order valence-corrected chi connectivity index (χ4v) is 6.01. The first-order valence-corrected chi connectivity index (χ1v) is 21.4. The van der Waals surface area contributed by atoms with Gasteiger partial charge in [-0.1, -0.05) is 73.8 Å². The SMILES string of the molecule is C.CCOC(=O)c1ccc(C#Cc2ccc(C#Cc3cc(OCCC[N+](C)(C)C)c(C#Cc4ccc(C#Cc5ccc(CC)cc5)cc4)cc3OCCC[N+](C)(C)C)cc2)cc1.O=C=O. The van der Waals surface area contributed by atoms with Crippen LogP contribution in [0.3, 0.4) is 0 Å². The van der Waals surface area contributed by atoms with Crippen LogP contribution in [-0.4, -0.2) is 96.3 Å². The van der Waals surface area contributed by atoms with E-state index in [4.69, 9.17) is 23.8 Å². The third-order valence-corrected chi connectivity index (χ3v) is 9.46. The van der Waals surface area contributed by atoms with Gasteiger partial charge < -0.3 is 23.2 Å². The summed E-state index contributed by atoms with van der Waals surface area (Å²) in [4.78, 5) is 28.2. The molecule has 5 aromatic carbocycles. The van der Waals surface area contributed by atoms with Crippen molar-refractivity contribution in [2.75, 3.05) is 75.2 Å². The summed E-state index contributed by atoms with van der Waals surface area (Å²) in [5.74, 6) is 27.4. The average molecular weight is 871 g/mol. The van der Waals surface area contributed by atoms with E-state index >= 15 is 0 Å². The van der Waals surface area contributed by atoms with Crippen LogP contribution in [0.15, 0.2) is 109 Å². The van der Waals surface area contributed by atoms with Crippen LogP contribution < -0.4 is 9.47 Å². The van der Waals surface area contributed by atoms with E-state index in [0.29, 0.717) is 36.9 Å². The highest BCUT2D eigenvalue weighted by molar-refractivity contribution is 5.89. The van der Waals surface area contributed by atoms with Crippen LogP contribution >= 0.6 is 0 Å². The van der Waals surface area contributed by atoms with Gasteiger partial charge in [0.2, 0.25) is 0 Å². The summed E-state index contributed by atoms with van der Waals surface area (Å²) in [6.45, 7) is 7.32. The van der Waals surface area contributed by atoms with E-state index in [2.05, 4.69) is 121 Å². The van der Waals surface area contributed by atoms with E-state index in [1.165, 1.54) is 5.56 Å². The van der Waals surface area contributed by atoms with Crippen molar-refractivity contribution in [1.82, 2.24) is 0 Å². The molecular weight excluding hydrogens is 809 g/mol. The van der Waals surface area contributed by atoms with Crippen molar-refractivity contribution in [3.8, 4) is 58.9 Å². The Kier molecular flexibility index (Phi) is 21.1. The molecule has 0 bridgehead atoms. The third-order valence-electron chi connectivity index (χ3n) is 9.46. The summed E-state index contributed by atoms with van der Waals surface area (Å²) in [6, 6.07) is 35.3. The summed E-state index contributed by atoms with van der Waals surface area (Å²) in [6.07, 6.45) is 3.04. The number of hydrogen-bond acceptors (Lipinski definition) is 6. The van der Waals surface area contributed by atoms with Gasteiger partial charge in [0.15, 0.2) is 0 Å². The molecule has 0 aliphatic rings. The number of nitrogens with zero attached hydrogens (tertiary/aromatic N) is 2. The number of rotatable bonds is 13. The zero-order valence-electron chi connectivity index (χ0n) is 38.4. The van der Waals surface area contributed by atoms with E-state index in [1.54, 1.807) is 19.1 Å². The highest BCUT2D eigenvalue weighted by Crippen LogP contribution is 2.29. The highest BCUT2D eigenvalue weighted by Gasteiger charge is 2.14. The first kappa shape index (κ1) is 52.1. The lowest BCUT2D eigenvalue weighted by atomic mass is 10.1. The second kappa shape index (κ2) is 26.4. The molecule has 65 heavy (non-hydrogen) atoms. The molecule has 0 aromatic heterocycles. The first-order chi connectivity index (χ1) is 30.7. The number of aryl methyl sites for hydroxylation is 1. The minimum absolute atomic E-state index is 0. The standard InChI is InChI=1S/C55H58N2O4.CO2.CH4/c1-9-43-13-15-44(16-14-43)17-18-45-19-24-47(25-20-45)31-35-51-41-54(61-40-12-38-57(6,7)8)52(42-53(51)60-39-11-37-56(3,4)5)36-32-48-26-21-46(22-27-48)23-28-49-29-33-50(34-30-49)55(58)59-10-2;2-1-3;/h13-16,19-22,24-27,29-30,33-34,41-42H,9-12,37-40H2,1-8H3;;1H4/q+2;;. The molecule has 0 unspecified atom stereocenters. The number of carbonyl (C=O) groups excluding carboxylic acids is 3. The van der Waals surface area contributed by atoms with Crippen LogP contribution in [0.1, 0.15) is 94.5 Å². The van der Waals surface area contributed by atoms with Gasteiger partial charge in [-0.05, 0) is 104 Å². The minimum atomic E-state index is -0.338. The van der Waals surface area contributed by atoms with Gasteiger partial charge in [-0.3, -0.25) is 0 Å². The summed E-state index contributed by atoms with van der Waals surface area (Å²) >= 11 is 0. The Labute approximate surface area is 387 Å². The maximum Gasteiger partial charge on any atom is 0.373 e. The molecule has 0 saturated carbocycles. The normalized spacial score (nSPS) is 10.2. The summed E-state index contributed by atoms with van der Waals surface area (Å²) < 4.78 is 19.7. The molecule has 0 amide bonds. The molecule has 334 valence electrons. The van der Waals surface area contributed by atoms with Gasteiger partial charge in [0.25, 0.3) is 0 Å². The zero-order chi connectivity index (χ0) is 46.4. The van der Waals surface area contributed by atoms with Crippen LogP contribution in [0, 0.1) is 47.4 Å². The lowest BCUT2D eigenvalue weighted by Gasteiger charge is -2.24. The number of quaternary nitrogens is 2. The topological polar surface area (TPSA) is 78.9 Å². The predicted molar refractivity (Wildman–Crippen MR) is 259 cm³/mol. The molecule has 0 aliphatic carbocycles. The fraction of sp³-hybridized carbons (Fsp3) is 0.298. The van der Waals surface area contributed by atoms with Gasteiger partial charge in [-0.25, -0.2) is 4.79 Å². The Morgan fingerprint density at radius 3 is 1.11 bits per heavy atom. The second-order valence-electron chi connectivity index (χ2n) is 16.9. The van der Waals surface area contributed by atoms with Crippen molar-refractivity contribution in [2.24, 2.45) is 0 Å². The molecule has 5 aromatic rings. The predicted octanol–water partition coefficient (Wildman–Crippen LogP) is 9.03. The van der Waals surface area contributed by atoms with Crippen molar-refractivity contribution in [3.63, 3.8) is 0 Å². The largest absolute Gasteiger partial charge is 0.492 e. The number of benzene rings is 5. The van der Waals surface area contributed by atoms with Crippen molar-refractivity contribution in [2.45, 2.75) is 40.5 Å². The van der Waals surface area contributed by atoms with Crippen LogP contribution in [0.2, 0.25) is 0 Å². The maximum atomic E-state index is 12.0. The molecule has 5 rings (SSSR count). The minimum Gasteiger partial charge on any atom is -0.492 e. The van der Waals surface area contributed by atoms with Crippen molar-refractivity contribution >= 4 is 12.1 Å². The summed E-state index contributed by atoms with van der Waals surface area (Å²) in [5, 5.41) is 0. The molecule has 0 heterocycles. The molecule has 8 nitrogen and oxygen atoms in total. The molecule has 0 spiro atoms. The Morgan fingerprint density at radius 1 is 0.492 bits per heavy atom. The number of ether oxygens (including phenoxy) is 3. The molecule has 0 fully saturated rings. The highest BCUT2D eigenvalue weighted by atomic mass is 16.5. The fourth-order valence-electron chi connectivity index (χ4n) is 6.01. The lowest BCUT2D eigenvalue weighted by Crippen LogP contribution is -2.36. The quantitative estimate of drug-likeness (QED) is 0.0509. The van der Waals surface area contributed by atoms with E-state index in [1.807, 2.05) is 72.8 Å². The van der Waals surface area contributed by atoms with E-state index in [0.717, 1.165) is 85.8 Å². The van der Waals surface area contributed by atoms with Gasteiger partial charge in [-0.2, -0.15) is 9.59 Å². The number of hydrogen-bond donors (Lipinski definition) is 0. The Balaban J connectivity index is 0.00000273. The number of esters is 1. The smallest absolute Gasteiger partial charge is 0.373 e. The van der Waals surface area contributed by atoms with E-state index in [9.17, 15) is 4.79 Å². The molecule has 0 saturated heterocycles. The molecule has 0 radical (unpaired) electrons. The Hall–Kier alpha value is -7.29. The summed E-state index contributed by atoms with van der Waals surface area (Å²) in [7, 11) is 13.1. The molecule has 8 heteroatoms. The van der Waals surface area contributed by atoms with Crippen molar-refractivity contribution < 1.29 is 37.6 Å². The molecule has 0 N–H and O–H groups in total.